The smallest absolute Gasteiger partial charge is 0.314 e. The van der Waals surface area contributed by atoms with Crippen molar-refractivity contribution in [2.24, 2.45) is 62.6 Å². The maximum absolute atomic E-state index is 15.0. The van der Waals surface area contributed by atoms with Crippen molar-refractivity contribution in [3.63, 3.8) is 0 Å². The number of ether oxygens (including phenoxy) is 7. The van der Waals surface area contributed by atoms with E-state index >= 15 is 0 Å². The molecule has 8 fully saturated rings. The third-order valence-corrected chi connectivity index (χ3v) is 19.7. The van der Waals surface area contributed by atoms with Gasteiger partial charge in [0.1, 0.15) is 42.7 Å². The number of aliphatic hydroxyl groups is 8. The Morgan fingerprint density at radius 1 is 0.676 bits per heavy atom. The van der Waals surface area contributed by atoms with Crippen LogP contribution < -0.4 is 0 Å². The average molecular weight is 967 g/mol. The Kier molecular flexibility index (Phi) is 14.6. The molecule has 8 N–H and O–H groups in total. The standard InChI is InChI=1S/C51H82O17/c1-23(2)19-33(55)65-40-35(56)25(5)64-44(39(40)60)68-46(61)51-16-13-26(24(3)4)34(51)27-11-12-32-48(8)20-28(52)42(47(6,7)31(48)14-15-50(32,10)49(27,9)17-18-51)67-45-41(37(58)30(54)22-63-45)66-43-38(59)36(57)29(53)21-62-43/h23,25-32,34-45,52-54,56-60H,3,11-22H2,1-2,4-10H3. The molecule has 17 heteroatoms. The first-order valence-corrected chi connectivity index (χ1v) is 25.4. The number of rotatable bonds is 10. The molecule has 0 aromatic heterocycles. The van der Waals surface area contributed by atoms with Crippen LogP contribution in [0.3, 0.4) is 0 Å². The van der Waals surface area contributed by atoms with Crippen LogP contribution in [0.4, 0.5) is 0 Å². The summed E-state index contributed by atoms with van der Waals surface area (Å²) in [5, 5.41) is 87.5. The first-order chi connectivity index (χ1) is 31.7. The summed E-state index contributed by atoms with van der Waals surface area (Å²) in [6, 6.07) is 0. The van der Waals surface area contributed by atoms with Crippen molar-refractivity contribution in [2.75, 3.05) is 13.2 Å². The van der Waals surface area contributed by atoms with Gasteiger partial charge < -0.3 is 74.0 Å². The summed E-state index contributed by atoms with van der Waals surface area (Å²) in [5.41, 5.74) is -1.20. The second kappa shape index (κ2) is 18.9. The van der Waals surface area contributed by atoms with Crippen molar-refractivity contribution in [2.45, 2.75) is 219 Å². The van der Waals surface area contributed by atoms with Gasteiger partial charge in [0.15, 0.2) is 24.8 Å². The maximum atomic E-state index is 15.0. The SMILES string of the molecule is C=C(C)C1CCC2(C(=O)OC3OC(C)C(O)C(OC(=O)CC(C)C)C3O)CCC3(C)C(CCC4C5(C)CC(O)C(OC6OCC(O)C(O)C6OC6OCC(O)C(O)C6O)C(C)(C)C5CCC43C)C12. The highest BCUT2D eigenvalue weighted by molar-refractivity contribution is 5.78. The van der Waals surface area contributed by atoms with Crippen molar-refractivity contribution in [1.29, 1.82) is 0 Å². The zero-order valence-electron chi connectivity index (χ0n) is 41.6. The zero-order chi connectivity index (χ0) is 49.8. The number of hydrogen-bond donors (Lipinski definition) is 8. The second-order valence-electron chi connectivity index (χ2n) is 24.3. The van der Waals surface area contributed by atoms with Gasteiger partial charge in [0.25, 0.3) is 0 Å². The number of allylic oxidation sites excluding steroid dienone is 1. The predicted octanol–water partition coefficient (Wildman–Crippen LogP) is 2.87. The molecular weight excluding hydrogens is 885 g/mol. The highest BCUT2D eigenvalue weighted by Crippen LogP contribution is 2.78. The molecule has 0 bridgehead atoms. The molecule has 0 spiro atoms. The summed E-state index contributed by atoms with van der Waals surface area (Å²) in [5.74, 6) is -0.594. The summed E-state index contributed by atoms with van der Waals surface area (Å²) < 4.78 is 41.8. The molecule has 0 radical (unpaired) electrons. The molecule has 0 aromatic rings. The largest absolute Gasteiger partial charge is 0.456 e. The Morgan fingerprint density at radius 3 is 2.00 bits per heavy atom. The van der Waals surface area contributed by atoms with Gasteiger partial charge in [-0.1, -0.05) is 60.6 Å². The number of fused-ring (bicyclic) bond motifs is 7. The molecule has 24 unspecified atom stereocenters. The first kappa shape index (κ1) is 52.5. The van der Waals surface area contributed by atoms with E-state index in [1.54, 1.807) is 6.92 Å². The molecule has 8 aliphatic rings. The highest BCUT2D eigenvalue weighted by atomic mass is 16.8. The Labute approximate surface area is 401 Å². The second-order valence-corrected chi connectivity index (χ2v) is 24.3. The summed E-state index contributed by atoms with van der Waals surface area (Å²) in [6.45, 7) is 22.7. The molecule has 3 aliphatic heterocycles. The van der Waals surface area contributed by atoms with Gasteiger partial charge in [-0.25, -0.2) is 0 Å². The van der Waals surface area contributed by atoms with Gasteiger partial charge in [-0.05, 0) is 129 Å². The van der Waals surface area contributed by atoms with Crippen molar-refractivity contribution >= 4 is 11.9 Å². The molecule has 8 rings (SSSR count). The van der Waals surface area contributed by atoms with Crippen LogP contribution in [-0.4, -0.2) is 158 Å². The molecule has 17 nitrogen and oxygen atoms in total. The number of aliphatic hydroxyl groups excluding tert-OH is 8. The Balaban J connectivity index is 1.02. The number of hydrogen-bond acceptors (Lipinski definition) is 17. The summed E-state index contributed by atoms with van der Waals surface area (Å²) in [7, 11) is 0. The maximum Gasteiger partial charge on any atom is 0.314 e. The highest BCUT2D eigenvalue weighted by Gasteiger charge is 2.73. The molecule has 24 atom stereocenters. The van der Waals surface area contributed by atoms with Crippen molar-refractivity contribution < 1.29 is 83.6 Å². The van der Waals surface area contributed by atoms with Gasteiger partial charge in [-0.3, -0.25) is 9.59 Å². The zero-order valence-corrected chi connectivity index (χ0v) is 41.6. The lowest BCUT2D eigenvalue weighted by molar-refractivity contribution is -0.363. The molecular formula is C51H82O17. The van der Waals surface area contributed by atoms with Crippen molar-refractivity contribution in [3.05, 3.63) is 12.2 Å². The molecule has 3 heterocycles. The predicted molar refractivity (Wildman–Crippen MR) is 241 cm³/mol. The van der Waals surface area contributed by atoms with Gasteiger partial charge in [-0.2, -0.15) is 0 Å². The number of carbonyl (C=O) groups excluding carboxylic acids is 2. The molecule has 388 valence electrons. The lowest BCUT2D eigenvalue weighted by Crippen LogP contribution is -2.69. The van der Waals surface area contributed by atoms with Crippen LogP contribution in [0.5, 0.6) is 0 Å². The van der Waals surface area contributed by atoms with Crippen molar-refractivity contribution in [3.8, 4) is 0 Å². The minimum Gasteiger partial charge on any atom is -0.456 e. The Bertz CT molecular complexity index is 1860. The lowest BCUT2D eigenvalue weighted by Gasteiger charge is -2.73. The minimum atomic E-state index is -1.65. The van der Waals surface area contributed by atoms with E-state index in [4.69, 9.17) is 33.2 Å². The van der Waals surface area contributed by atoms with Gasteiger partial charge in [0.05, 0.1) is 36.9 Å². The van der Waals surface area contributed by atoms with E-state index < -0.39 is 115 Å². The fraction of sp³-hybridized carbons (Fsp3) is 0.922. The van der Waals surface area contributed by atoms with Crippen LogP contribution in [0.2, 0.25) is 0 Å². The molecule has 3 saturated heterocycles. The first-order valence-electron chi connectivity index (χ1n) is 25.4. The summed E-state index contributed by atoms with van der Waals surface area (Å²) >= 11 is 0. The third kappa shape index (κ3) is 8.44. The molecule has 0 aromatic carbocycles. The van der Waals surface area contributed by atoms with Crippen LogP contribution in [0.25, 0.3) is 0 Å². The molecule has 0 amide bonds. The summed E-state index contributed by atoms with van der Waals surface area (Å²) in [6.07, 6.45) is -13.1. The fourth-order valence-corrected chi connectivity index (χ4v) is 16.1. The normalized spacial score (nSPS) is 52.2. The van der Waals surface area contributed by atoms with Crippen molar-refractivity contribution in [1.82, 2.24) is 0 Å². The van der Waals surface area contributed by atoms with Gasteiger partial charge in [0.2, 0.25) is 6.29 Å². The fourth-order valence-electron chi connectivity index (χ4n) is 16.1. The quantitative estimate of drug-likeness (QED) is 0.0890. The Hall–Kier alpha value is -1.84. The minimum absolute atomic E-state index is 0.00378. The topological polar surface area (TPSA) is 261 Å². The monoisotopic (exact) mass is 967 g/mol. The van der Waals surface area contributed by atoms with E-state index in [0.29, 0.717) is 19.3 Å². The molecule has 68 heavy (non-hydrogen) atoms. The van der Waals surface area contributed by atoms with Crippen LogP contribution in [-0.2, 0) is 42.7 Å². The van der Waals surface area contributed by atoms with E-state index in [9.17, 15) is 50.4 Å². The van der Waals surface area contributed by atoms with Crippen LogP contribution in [0.1, 0.15) is 127 Å². The number of esters is 2. The van der Waals surface area contributed by atoms with Gasteiger partial charge in [0, 0.05) is 6.42 Å². The average Bonchev–Trinajstić information content (AvgIpc) is 3.66. The van der Waals surface area contributed by atoms with E-state index in [1.807, 2.05) is 20.8 Å². The third-order valence-electron chi connectivity index (χ3n) is 19.7. The van der Waals surface area contributed by atoms with Crippen LogP contribution in [0, 0.1) is 62.6 Å². The van der Waals surface area contributed by atoms with E-state index in [1.165, 1.54) is 0 Å². The van der Waals surface area contributed by atoms with Crippen LogP contribution >= 0.6 is 0 Å². The van der Waals surface area contributed by atoms with E-state index in [0.717, 1.165) is 44.1 Å². The van der Waals surface area contributed by atoms with Gasteiger partial charge >= 0.3 is 11.9 Å². The van der Waals surface area contributed by atoms with E-state index in [-0.39, 0.29) is 71.4 Å². The molecule has 5 aliphatic carbocycles. The molecule has 5 saturated carbocycles. The Morgan fingerprint density at radius 2 is 1.34 bits per heavy atom. The van der Waals surface area contributed by atoms with Gasteiger partial charge in [-0.15, -0.1) is 0 Å². The summed E-state index contributed by atoms with van der Waals surface area (Å²) in [4.78, 5) is 27.7. The lowest BCUT2D eigenvalue weighted by atomic mass is 9.32. The number of carbonyl (C=O) groups is 2. The van der Waals surface area contributed by atoms with E-state index in [2.05, 4.69) is 41.2 Å². The van der Waals surface area contributed by atoms with Crippen LogP contribution in [0.15, 0.2) is 12.2 Å².